The molecule has 1 fully saturated rings. The summed E-state index contributed by atoms with van der Waals surface area (Å²) >= 11 is 0. The molecule has 0 aromatic carbocycles. The van der Waals surface area contributed by atoms with Gasteiger partial charge in [0.05, 0.1) is 19.8 Å². The molecule has 1 aliphatic heterocycles. The zero-order valence-corrected chi connectivity index (χ0v) is 4.89. The van der Waals surface area contributed by atoms with E-state index in [1.54, 1.807) is 0 Å². The third kappa shape index (κ3) is 0.865. The summed E-state index contributed by atoms with van der Waals surface area (Å²) in [5.41, 5.74) is 0.0712. The Kier molecular flexibility index (Phi) is 1.29. The highest BCUT2D eigenvalue weighted by molar-refractivity contribution is 4.82. The molecule has 0 saturated carbocycles. The van der Waals surface area contributed by atoms with Crippen molar-refractivity contribution in [3.8, 4) is 0 Å². The van der Waals surface area contributed by atoms with Crippen LogP contribution < -0.4 is 0 Å². The van der Waals surface area contributed by atoms with Crippen LogP contribution in [0.5, 0.6) is 0 Å². The zero-order valence-electron chi connectivity index (χ0n) is 4.89. The summed E-state index contributed by atoms with van der Waals surface area (Å²) in [6.45, 7) is 3.78. The van der Waals surface area contributed by atoms with E-state index in [0.29, 0.717) is 19.8 Å². The first-order valence-corrected chi connectivity index (χ1v) is 2.64. The van der Waals surface area contributed by atoms with Gasteiger partial charge in [0.15, 0.2) is 0 Å². The first-order chi connectivity index (χ1) is 3.77. The van der Waals surface area contributed by atoms with Gasteiger partial charge in [-0.15, -0.1) is 0 Å². The van der Waals surface area contributed by atoms with E-state index in [0.717, 1.165) is 0 Å². The van der Waals surface area contributed by atoms with Crippen LogP contribution in [0.25, 0.3) is 0 Å². The molecule has 0 bridgehead atoms. The second kappa shape index (κ2) is 1.82. The molecule has 1 heterocycles. The maximum absolute atomic E-state index is 9.71. The van der Waals surface area contributed by atoms with Crippen LogP contribution in [0, 0.1) is 10.3 Å². The van der Waals surface area contributed by atoms with Crippen molar-refractivity contribution in [1.82, 2.24) is 0 Å². The van der Waals surface area contributed by atoms with Crippen molar-refractivity contribution in [3.05, 3.63) is 4.91 Å². The minimum absolute atomic E-state index is 0.0712. The van der Waals surface area contributed by atoms with Gasteiger partial charge in [-0.25, -0.2) is 0 Å². The average molecular weight is 115 g/mol. The third-order valence-corrected chi connectivity index (χ3v) is 1.35. The van der Waals surface area contributed by atoms with Gasteiger partial charge in [-0.05, 0) is 0 Å². The second-order valence-electron chi connectivity index (χ2n) is 2.59. The van der Waals surface area contributed by atoms with Gasteiger partial charge < -0.3 is 4.74 Å². The van der Waals surface area contributed by atoms with Gasteiger partial charge in [0.25, 0.3) is 0 Å². The van der Waals surface area contributed by atoms with E-state index < -0.39 is 0 Å². The molecule has 8 heavy (non-hydrogen) atoms. The Balaban J connectivity index is 2.29. The molecule has 0 unspecified atom stereocenters. The van der Waals surface area contributed by atoms with Crippen molar-refractivity contribution in [3.63, 3.8) is 0 Å². The predicted octanol–water partition coefficient (Wildman–Crippen LogP) is 0.789. The van der Waals surface area contributed by atoms with Crippen LogP contribution >= 0.6 is 0 Å². The minimum Gasteiger partial charge on any atom is -0.380 e. The summed E-state index contributed by atoms with van der Waals surface area (Å²) in [6, 6.07) is 0. The maximum atomic E-state index is 9.71. The van der Waals surface area contributed by atoms with Crippen LogP contribution in [-0.4, -0.2) is 19.8 Å². The highest BCUT2D eigenvalue weighted by atomic mass is 16.5. The van der Waals surface area contributed by atoms with E-state index in [-0.39, 0.29) is 5.41 Å². The molecule has 0 atom stereocenters. The number of hydrogen-bond donors (Lipinski definition) is 0. The lowest BCUT2D eigenvalue weighted by atomic mass is 9.89. The Hall–Kier alpha value is -0.440. The van der Waals surface area contributed by atoms with Gasteiger partial charge in [0.2, 0.25) is 0 Å². The summed E-state index contributed by atoms with van der Waals surface area (Å²) in [7, 11) is 0. The van der Waals surface area contributed by atoms with Crippen molar-refractivity contribution >= 4 is 0 Å². The van der Waals surface area contributed by atoms with Crippen LogP contribution in [0.1, 0.15) is 6.92 Å². The molecule has 0 spiro atoms. The predicted molar refractivity (Wildman–Crippen MR) is 29.6 cm³/mol. The molecular formula is C5H9NO2. The number of ether oxygens (including phenoxy) is 1. The third-order valence-electron chi connectivity index (χ3n) is 1.35. The first kappa shape index (κ1) is 5.69. The van der Waals surface area contributed by atoms with Gasteiger partial charge in [-0.3, -0.25) is 0 Å². The Morgan fingerprint density at radius 1 is 1.75 bits per heavy atom. The summed E-state index contributed by atoms with van der Waals surface area (Å²) in [4.78, 5) is 9.71. The molecule has 3 nitrogen and oxygen atoms in total. The average Bonchev–Trinajstić information content (AvgIpc) is 1.64. The fourth-order valence-electron chi connectivity index (χ4n) is 0.698. The van der Waals surface area contributed by atoms with Gasteiger partial charge in [0, 0.05) is 5.41 Å². The molecule has 1 aliphatic rings. The standard InChI is InChI=1S/C5H9NO2/c1-5(2-6-7)3-8-4-5/h2-4H2,1H3. The van der Waals surface area contributed by atoms with Crippen LogP contribution in [0.2, 0.25) is 0 Å². The smallest absolute Gasteiger partial charge is 0.0908 e. The highest BCUT2D eigenvalue weighted by Crippen LogP contribution is 2.26. The molecule has 1 rings (SSSR count). The Morgan fingerprint density at radius 3 is 2.50 bits per heavy atom. The Morgan fingerprint density at radius 2 is 2.38 bits per heavy atom. The summed E-state index contributed by atoms with van der Waals surface area (Å²) < 4.78 is 4.89. The molecule has 0 aliphatic carbocycles. The zero-order chi connectivity index (χ0) is 6.04. The Labute approximate surface area is 48.0 Å². The van der Waals surface area contributed by atoms with Gasteiger partial charge in [0.1, 0.15) is 0 Å². The lowest BCUT2D eigenvalue weighted by molar-refractivity contribution is -0.0946. The van der Waals surface area contributed by atoms with Gasteiger partial charge in [-0.1, -0.05) is 12.1 Å². The van der Waals surface area contributed by atoms with Crippen molar-refractivity contribution in [2.24, 2.45) is 10.6 Å². The van der Waals surface area contributed by atoms with E-state index >= 15 is 0 Å². The second-order valence-corrected chi connectivity index (χ2v) is 2.59. The minimum atomic E-state index is 0.0712. The van der Waals surface area contributed by atoms with Crippen LogP contribution in [-0.2, 0) is 4.74 Å². The molecule has 1 saturated heterocycles. The quantitative estimate of drug-likeness (QED) is 0.499. The van der Waals surface area contributed by atoms with Gasteiger partial charge in [-0.2, -0.15) is 4.91 Å². The largest absolute Gasteiger partial charge is 0.380 e. The maximum Gasteiger partial charge on any atom is 0.0908 e. The molecule has 0 aromatic rings. The van der Waals surface area contributed by atoms with Crippen LogP contribution in [0.4, 0.5) is 0 Å². The lowest BCUT2D eigenvalue weighted by Gasteiger charge is -2.35. The monoisotopic (exact) mass is 115 g/mol. The number of rotatable bonds is 2. The molecule has 0 amide bonds. The topological polar surface area (TPSA) is 38.7 Å². The Bertz CT molecular complexity index is 98.6. The van der Waals surface area contributed by atoms with Crippen molar-refractivity contribution < 1.29 is 4.74 Å². The lowest BCUT2D eigenvalue weighted by Crippen LogP contribution is -2.42. The summed E-state index contributed by atoms with van der Waals surface area (Å²) in [5.74, 6) is 0. The first-order valence-electron chi connectivity index (χ1n) is 2.64. The van der Waals surface area contributed by atoms with E-state index in [1.807, 2.05) is 6.92 Å². The molecule has 0 aromatic heterocycles. The van der Waals surface area contributed by atoms with Crippen LogP contribution in [0.3, 0.4) is 0 Å². The number of nitroso groups, excluding NO2 is 1. The number of nitrogens with zero attached hydrogens (tertiary/aromatic N) is 1. The fraction of sp³-hybridized carbons (Fsp3) is 1.00. The van der Waals surface area contributed by atoms with E-state index in [2.05, 4.69) is 5.18 Å². The summed E-state index contributed by atoms with van der Waals surface area (Å²) in [6.07, 6.45) is 0. The van der Waals surface area contributed by atoms with E-state index in [4.69, 9.17) is 4.74 Å². The normalized spacial score (nSPS) is 24.1. The van der Waals surface area contributed by atoms with Crippen molar-refractivity contribution in [2.45, 2.75) is 6.92 Å². The molecule has 46 valence electrons. The molecule has 0 radical (unpaired) electrons. The highest BCUT2D eigenvalue weighted by Gasteiger charge is 2.33. The SMILES string of the molecule is CC1(CN=O)COC1. The number of hydrogen-bond acceptors (Lipinski definition) is 3. The van der Waals surface area contributed by atoms with E-state index in [9.17, 15) is 4.91 Å². The molecule has 3 heteroatoms. The van der Waals surface area contributed by atoms with E-state index in [1.165, 1.54) is 0 Å². The van der Waals surface area contributed by atoms with Crippen molar-refractivity contribution in [2.75, 3.05) is 19.8 Å². The van der Waals surface area contributed by atoms with Crippen molar-refractivity contribution in [1.29, 1.82) is 0 Å². The molecular weight excluding hydrogens is 106 g/mol. The molecule has 0 N–H and O–H groups in total. The fourth-order valence-corrected chi connectivity index (χ4v) is 0.698. The summed E-state index contributed by atoms with van der Waals surface area (Å²) in [5, 5.41) is 2.80. The van der Waals surface area contributed by atoms with Crippen LogP contribution in [0.15, 0.2) is 5.18 Å². The van der Waals surface area contributed by atoms with Gasteiger partial charge >= 0.3 is 0 Å².